The second-order valence-corrected chi connectivity index (χ2v) is 20.4. The fourth-order valence-electron chi connectivity index (χ4n) is 11.8. The summed E-state index contributed by atoms with van der Waals surface area (Å²) in [5.74, 6) is 5.54. The normalized spacial score (nSPS) is 32.3. The molecule has 1 amide bonds. The van der Waals surface area contributed by atoms with Crippen molar-refractivity contribution in [3.8, 4) is 0 Å². The quantitative estimate of drug-likeness (QED) is 0.116. The number of rotatable bonds is 17. The number of nitrogens with zero attached hydrogens (tertiary/aromatic N) is 1. The number of fused-ring (bicyclic) bond motifs is 5. The molecule has 6 heteroatoms. The van der Waals surface area contributed by atoms with Crippen LogP contribution >= 0.6 is 0 Å². The molecule has 0 unspecified atom stereocenters. The van der Waals surface area contributed by atoms with E-state index in [2.05, 4.69) is 47.6 Å². The Labute approximate surface area is 314 Å². The third-order valence-electron chi connectivity index (χ3n) is 15.0. The number of amides is 1. The lowest BCUT2D eigenvalue weighted by atomic mass is 9.49. The Morgan fingerprint density at radius 2 is 1.61 bits per heavy atom. The van der Waals surface area contributed by atoms with Gasteiger partial charge < -0.3 is 21.1 Å². The molecule has 4 N–H and O–H groups in total. The number of hydrogen-bond donors (Lipinski definition) is 2. The van der Waals surface area contributed by atoms with Gasteiger partial charge in [0.1, 0.15) is 6.10 Å². The summed E-state index contributed by atoms with van der Waals surface area (Å²) < 4.78 is 6.13. The molecule has 0 radical (unpaired) electrons. The fourth-order valence-corrected chi connectivity index (χ4v) is 11.8. The molecule has 9 atom stereocenters. The minimum absolute atomic E-state index is 0.00770. The van der Waals surface area contributed by atoms with E-state index < -0.39 is 0 Å². The molecule has 4 aliphatic carbocycles. The summed E-state index contributed by atoms with van der Waals surface area (Å²) in [6.07, 6.45) is 20.3. The first kappa shape index (κ1) is 42.3. The number of esters is 1. The zero-order chi connectivity index (χ0) is 37.8. The smallest absolute Gasteiger partial charge is 0.306 e. The van der Waals surface area contributed by atoms with Crippen molar-refractivity contribution >= 4 is 11.9 Å². The Hall–Kier alpha value is -1.40. The van der Waals surface area contributed by atoms with Crippen LogP contribution in [-0.4, -0.2) is 47.0 Å². The minimum Gasteiger partial charge on any atom is -0.462 e. The van der Waals surface area contributed by atoms with Crippen molar-refractivity contribution in [2.24, 2.45) is 63.7 Å². The summed E-state index contributed by atoms with van der Waals surface area (Å²) in [5, 5.41) is 0. The number of ether oxygens (including phenoxy) is 1. The summed E-state index contributed by atoms with van der Waals surface area (Å²) in [7, 11) is 0. The van der Waals surface area contributed by atoms with Gasteiger partial charge >= 0.3 is 5.97 Å². The largest absolute Gasteiger partial charge is 0.462 e. The van der Waals surface area contributed by atoms with E-state index in [1.165, 1.54) is 51.4 Å². The number of nitrogens with two attached hydrogens (primary N) is 2. The van der Waals surface area contributed by atoms with Crippen LogP contribution in [0.1, 0.15) is 178 Å². The first-order valence-corrected chi connectivity index (χ1v) is 21.5. The van der Waals surface area contributed by atoms with E-state index in [1.54, 1.807) is 5.57 Å². The summed E-state index contributed by atoms with van der Waals surface area (Å²) in [6, 6.07) is 0. The first-order chi connectivity index (χ1) is 23.8. The molecule has 3 fully saturated rings. The van der Waals surface area contributed by atoms with Gasteiger partial charge in [0.15, 0.2) is 0 Å². The summed E-state index contributed by atoms with van der Waals surface area (Å²) in [5.41, 5.74) is 14.1. The zero-order valence-electron chi connectivity index (χ0n) is 35.0. The molecule has 4 aliphatic rings. The van der Waals surface area contributed by atoms with Crippen molar-refractivity contribution in [2.75, 3.05) is 13.1 Å². The summed E-state index contributed by atoms with van der Waals surface area (Å²) >= 11 is 0. The van der Waals surface area contributed by atoms with Crippen molar-refractivity contribution in [1.82, 2.24) is 4.90 Å². The lowest BCUT2D eigenvalue weighted by Crippen LogP contribution is -2.48. The number of hydrogen-bond acceptors (Lipinski definition) is 5. The molecule has 4 rings (SSSR count). The highest BCUT2D eigenvalue weighted by atomic mass is 16.5. The van der Waals surface area contributed by atoms with Gasteiger partial charge in [0.25, 0.3) is 0 Å². The SMILES string of the molecule is CC[C@H](CC[C@@H](C)[C@H]1CC[C@H]2[C@H]3CCC=C4C[C@@H](OC(=O)CCC(=O)N(CCCC(C)(C)N)CCC(C)(C)N)CC[C@]4(C)[C@H]3CC[C@]12C)C(C)C. The molecule has 0 heterocycles. The number of carbonyl (C=O) groups is 2. The highest BCUT2D eigenvalue weighted by molar-refractivity contribution is 5.81. The predicted octanol–water partition coefficient (Wildman–Crippen LogP) is 10.2. The zero-order valence-corrected chi connectivity index (χ0v) is 35.0. The Morgan fingerprint density at radius 3 is 2.25 bits per heavy atom. The third kappa shape index (κ3) is 10.9. The molecule has 3 saturated carbocycles. The van der Waals surface area contributed by atoms with Crippen molar-refractivity contribution < 1.29 is 14.3 Å². The van der Waals surface area contributed by atoms with Crippen LogP contribution in [0, 0.1) is 52.3 Å². The van der Waals surface area contributed by atoms with Gasteiger partial charge in [0.2, 0.25) is 5.91 Å². The van der Waals surface area contributed by atoms with Crippen LogP contribution in [0.25, 0.3) is 0 Å². The maximum Gasteiger partial charge on any atom is 0.306 e. The van der Waals surface area contributed by atoms with Crippen molar-refractivity contribution in [3.05, 3.63) is 11.6 Å². The molecular formula is C45H81N3O3. The Kier molecular flexibility index (Phi) is 14.4. The Bertz CT molecular complexity index is 1180. The number of allylic oxidation sites excluding steroid dienone is 1. The summed E-state index contributed by atoms with van der Waals surface area (Å²) in [6.45, 7) is 24.3. The van der Waals surface area contributed by atoms with Gasteiger partial charge in [-0.15, -0.1) is 0 Å². The second-order valence-electron chi connectivity index (χ2n) is 20.4. The van der Waals surface area contributed by atoms with Crippen LogP contribution in [0.3, 0.4) is 0 Å². The molecule has 294 valence electrons. The van der Waals surface area contributed by atoms with Crippen LogP contribution in [0.5, 0.6) is 0 Å². The van der Waals surface area contributed by atoms with Gasteiger partial charge in [-0.2, -0.15) is 0 Å². The topological polar surface area (TPSA) is 98.7 Å². The maximum absolute atomic E-state index is 13.3. The van der Waals surface area contributed by atoms with Gasteiger partial charge in [0, 0.05) is 37.0 Å². The Morgan fingerprint density at radius 1 is 0.902 bits per heavy atom. The average Bonchev–Trinajstić information content (AvgIpc) is 3.31. The number of carbonyl (C=O) groups excluding carboxylic acids is 2. The lowest BCUT2D eigenvalue weighted by Gasteiger charge is -2.56. The van der Waals surface area contributed by atoms with Gasteiger partial charge in [-0.3, -0.25) is 9.59 Å². The second kappa shape index (κ2) is 17.4. The van der Waals surface area contributed by atoms with E-state index in [9.17, 15) is 9.59 Å². The van der Waals surface area contributed by atoms with Gasteiger partial charge in [-0.05, 0) is 157 Å². The van der Waals surface area contributed by atoms with Crippen LogP contribution in [-0.2, 0) is 14.3 Å². The first-order valence-electron chi connectivity index (χ1n) is 21.5. The third-order valence-corrected chi connectivity index (χ3v) is 15.0. The lowest BCUT2D eigenvalue weighted by molar-refractivity contribution is -0.153. The molecule has 0 saturated heterocycles. The molecule has 6 nitrogen and oxygen atoms in total. The van der Waals surface area contributed by atoms with E-state index in [0.29, 0.717) is 24.9 Å². The summed E-state index contributed by atoms with van der Waals surface area (Å²) in [4.78, 5) is 28.4. The Balaban J connectivity index is 1.31. The molecule has 51 heavy (non-hydrogen) atoms. The van der Waals surface area contributed by atoms with Crippen LogP contribution < -0.4 is 11.5 Å². The van der Waals surface area contributed by atoms with Crippen LogP contribution in [0.2, 0.25) is 0 Å². The molecular weight excluding hydrogens is 631 g/mol. The van der Waals surface area contributed by atoms with E-state index >= 15 is 0 Å². The molecule has 0 aromatic heterocycles. The van der Waals surface area contributed by atoms with Crippen molar-refractivity contribution in [1.29, 1.82) is 0 Å². The van der Waals surface area contributed by atoms with E-state index in [-0.39, 0.29) is 47.3 Å². The van der Waals surface area contributed by atoms with Gasteiger partial charge in [-0.25, -0.2) is 0 Å². The predicted molar refractivity (Wildman–Crippen MR) is 213 cm³/mol. The molecule has 0 spiro atoms. The standard InChI is InChI=1S/C45H81N3O3/c1-11-33(31(2)3)17-16-32(4)37-18-19-38-36-15-12-14-34-30-35(22-25-44(34,9)39(36)23-26-45(37,38)10)51-41(50)21-20-40(49)48(29-27-43(7,8)47)28-13-24-42(5,6)46/h14,31-33,35-39H,11-13,15-30,46-47H2,1-10H3/t32-,33-,35+,36-,37-,38+,39+,44+,45-/m1/s1. The van der Waals surface area contributed by atoms with Gasteiger partial charge in [0.05, 0.1) is 6.42 Å². The average molecular weight is 712 g/mol. The highest BCUT2D eigenvalue weighted by Gasteiger charge is 2.58. The van der Waals surface area contributed by atoms with Crippen LogP contribution in [0.15, 0.2) is 11.6 Å². The van der Waals surface area contributed by atoms with E-state index in [4.69, 9.17) is 16.2 Å². The van der Waals surface area contributed by atoms with E-state index in [0.717, 1.165) is 80.0 Å². The van der Waals surface area contributed by atoms with Crippen molar-refractivity contribution in [3.63, 3.8) is 0 Å². The molecule has 0 bridgehead atoms. The van der Waals surface area contributed by atoms with Crippen LogP contribution in [0.4, 0.5) is 0 Å². The van der Waals surface area contributed by atoms with E-state index in [1.807, 2.05) is 32.6 Å². The fraction of sp³-hybridized carbons (Fsp3) is 0.911. The molecule has 0 aliphatic heterocycles. The highest BCUT2D eigenvalue weighted by Crippen LogP contribution is 2.67. The van der Waals surface area contributed by atoms with Crippen molar-refractivity contribution in [2.45, 2.75) is 196 Å². The minimum atomic E-state index is -0.354. The molecule has 0 aromatic rings. The molecule has 0 aromatic carbocycles. The monoisotopic (exact) mass is 712 g/mol. The van der Waals surface area contributed by atoms with Gasteiger partial charge in [-0.1, -0.05) is 66.0 Å². The maximum atomic E-state index is 13.3.